The molecule has 1 rings (SSSR count). The molecule has 6 heteroatoms. The van der Waals surface area contributed by atoms with Gasteiger partial charge in [0.05, 0.1) is 0 Å². The predicted molar refractivity (Wildman–Crippen MR) is 31.1 cm³/mol. The molecule has 0 aliphatic carbocycles. The van der Waals surface area contributed by atoms with Crippen molar-refractivity contribution in [3.8, 4) is 0 Å². The molecule has 0 aromatic rings. The Morgan fingerprint density at radius 3 is 1.36 bits per heavy atom. The standard InChI is InChI=1S/C5H10O6/c6-1-2(7)4(9)11-5(10)3(1)8/h1-10H/t1?,2-,3+,4-,5?/m0/s1. The summed E-state index contributed by atoms with van der Waals surface area (Å²) in [4.78, 5) is 0. The number of hydrogen-bond donors (Lipinski definition) is 5. The lowest BCUT2D eigenvalue weighted by atomic mass is 10.0. The summed E-state index contributed by atoms with van der Waals surface area (Å²) in [5.41, 5.74) is 0. The third-order valence-electron chi connectivity index (χ3n) is 1.56. The van der Waals surface area contributed by atoms with E-state index in [2.05, 4.69) is 4.74 Å². The van der Waals surface area contributed by atoms with Crippen LogP contribution in [-0.4, -0.2) is 56.4 Å². The maximum absolute atomic E-state index is 8.89. The molecule has 1 fully saturated rings. The highest BCUT2D eigenvalue weighted by molar-refractivity contribution is 4.83. The zero-order valence-electron chi connectivity index (χ0n) is 5.53. The highest BCUT2D eigenvalue weighted by atomic mass is 16.7. The summed E-state index contributed by atoms with van der Waals surface area (Å²) >= 11 is 0. The van der Waals surface area contributed by atoms with Gasteiger partial charge in [-0.25, -0.2) is 0 Å². The second-order valence-corrected chi connectivity index (χ2v) is 2.39. The highest BCUT2D eigenvalue weighted by Crippen LogP contribution is 2.17. The van der Waals surface area contributed by atoms with Crippen molar-refractivity contribution >= 4 is 0 Å². The molecule has 0 bridgehead atoms. The molecule has 0 amide bonds. The van der Waals surface area contributed by atoms with E-state index in [4.69, 9.17) is 25.5 Å². The van der Waals surface area contributed by atoms with Gasteiger partial charge in [0.2, 0.25) is 0 Å². The van der Waals surface area contributed by atoms with Crippen LogP contribution in [0.4, 0.5) is 0 Å². The Hall–Kier alpha value is -0.240. The third kappa shape index (κ3) is 1.51. The first-order valence-corrected chi connectivity index (χ1v) is 3.10. The van der Waals surface area contributed by atoms with Crippen molar-refractivity contribution in [2.75, 3.05) is 0 Å². The van der Waals surface area contributed by atoms with Crippen LogP contribution < -0.4 is 0 Å². The molecule has 1 heterocycles. The predicted octanol–water partition coefficient (Wildman–Crippen LogP) is -3.26. The Labute approximate surface area is 62.3 Å². The molecule has 0 aromatic carbocycles. The first-order valence-electron chi connectivity index (χ1n) is 3.10. The molecule has 5 N–H and O–H groups in total. The average molecular weight is 166 g/mol. The van der Waals surface area contributed by atoms with E-state index >= 15 is 0 Å². The van der Waals surface area contributed by atoms with Gasteiger partial charge in [-0.15, -0.1) is 0 Å². The maximum atomic E-state index is 8.89. The molecule has 6 nitrogen and oxygen atoms in total. The van der Waals surface area contributed by atoms with Crippen LogP contribution in [0.5, 0.6) is 0 Å². The van der Waals surface area contributed by atoms with Crippen LogP contribution in [0.25, 0.3) is 0 Å². The second kappa shape index (κ2) is 3.02. The molecule has 5 atom stereocenters. The van der Waals surface area contributed by atoms with Crippen LogP contribution >= 0.6 is 0 Å². The Morgan fingerprint density at radius 2 is 1.00 bits per heavy atom. The zero-order valence-corrected chi connectivity index (χ0v) is 5.53. The second-order valence-electron chi connectivity index (χ2n) is 2.39. The summed E-state index contributed by atoms with van der Waals surface area (Å²) in [6, 6.07) is 0. The smallest absolute Gasteiger partial charge is 0.186 e. The van der Waals surface area contributed by atoms with E-state index in [0.717, 1.165) is 0 Å². The maximum Gasteiger partial charge on any atom is 0.186 e. The quantitative estimate of drug-likeness (QED) is 0.258. The van der Waals surface area contributed by atoms with E-state index in [1.807, 2.05) is 0 Å². The van der Waals surface area contributed by atoms with Crippen LogP contribution in [0.15, 0.2) is 0 Å². The summed E-state index contributed by atoms with van der Waals surface area (Å²) in [6.07, 6.45) is -8.10. The van der Waals surface area contributed by atoms with Crippen molar-refractivity contribution in [2.24, 2.45) is 0 Å². The van der Waals surface area contributed by atoms with E-state index < -0.39 is 30.9 Å². The van der Waals surface area contributed by atoms with Gasteiger partial charge in [0.15, 0.2) is 12.6 Å². The topological polar surface area (TPSA) is 110 Å². The summed E-state index contributed by atoms with van der Waals surface area (Å²) in [6.45, 7) is 0. The number of aliphatic hydroxyl groups is 5. The molecule has 1 aliphatic heterocycles. The number of hydrogen-bond acceptors (Lipinski definition) is 6. The van der Waals surface area contributed by atoms with E-state index in [-0.39, 0.29) is 0 Å². The molecule has 11 heavy (non-hydrogen) atoms. The first-order chi connectivity index (χ1) is 5.04. The molecule has 0 aromatic heterocycles. The summed E-state index contributed by atoms with van der Waals surface area (Å²) in [5.74, 6) is 0. The fourth-order valence-electron chi connectivity index (χ4n) is 0.843. The van der Waals surface area contributed by atoms with Gasteiger partial charge in [0.1, 0.15) is 18.3 Å². The minimum atomic E-state index is -1.66. The minimum Gasteiger partial charge on any atom is -0.387 e. The van der Waals surface area contributed by atoms with E-state index in [1.54, 1.807) is 0 Å². The van der Waals surface area contributed by atoms with E-state index in [0.29, 0.717) is 0 Å². The Bertz CT molecular complexity index is 125. The Kier molecular flexibility index (Phi) is 2.43. The van der Waals surface area contributed by atoms with Crippen molar-refractivity contribution in [3.63, 3.8) is 0 Å². The number of ether oxygens (including phenoxy) is 1. The summed E-state index contributed by atoms with van der Waals surface area (Å²) < 4.78 is 4.23. The molecule has 2 unspecified atom stereocenters. The molecule has 66 valence electrons. The van der Waals surface area contributed by atoms with Gasteiger partial charge in [-0.3, -0.25) is 0 Å². The van der Waals surface area contributed by atoms with Gasteiger partial charge in [-0.2, -0.15) is 0 Å². The lowest BCUT2D eigenvalue weighted by Crippen LogP contribution is -2.57. The highest BCUT2D eigenvalue weighted by Gasteiger charge is 2.42. The lowest BCUT2D eigenvalue weighted by molar-refractivity contribution is -0.328. The van der Waals surface area contributed by atoms with Gasteiger partial charge in [-0.1, -0.05) is 0 Å². The summed E-state index contributed by atoms with van der Waals surface area (Å²) in [5, 5.41) is 44.0. The van der Waals surface area contributed by atoms with Crippen LogP contribution in [0.1, 0.15) is 0 Å². The van der Waals surface area contributed by atoms with Gasteiger partial charge < -0.3 is 30.3 Å². The first kappa shape index (κ1) is 8.85. The fraction of sp³-hybridized carbons (Fsp3) is 1.00. The van der Waals surface area contributed by atoms with Gasteiger partial charge >= 0.3 is 0 Å². The third-order valence-corrected chi connectivity index (χ3v) is 1.56. The van der Waals surface area contributed by atoms with Crippen LogP contribution in [0.3, 0.4) is 0 Å². The summed E-state index contributed by atoms with van der Waals surface area (Å²) in [7, 11) is 0. The largest absolute Gasteiger partial charge is 0.387 e. The zero-order chi connectivity index (χ0) is 8.59. The van der Waals surface area contributed by atoms with E-state index in [9.17, 15) is 0 Å². The van der Waals surface area contributed by atoms with Crippen molar-refractivity contribution in [1.82, 2.24) is 0 Å². The van der Waals surface area contributed by atoms with Crippen LogP contribution in [0.2, 0.25) is 0 Å². The molecule has 1 saturated heterocycles. The van der Waals surface area contributed by atoms with Gasteiger partial charge in [-0.05, 0) is 0 Å². The van der Waals surface area contributed by atoms with Gasteiger partial charge in [0.25, 0.3) is 0 Å². The monoisotopic (exact) mass is 166 g/mol. The molecular formula is C5H10O6. The minimum absolute atomic E-state index is 1.59. The lowest BCUT2D eigenvalue weighted by Gasteiger charge is -2.35. The Morgan fingerprint density at radius 1 is 0.636 bits per heavy atom. The molecule has 0 saturated carbocycles. The van der Waals surface area contributed by atoms with E-state index in [1.165, 1.54) is 0 Å². The normalized spacial score (nSPS) is 52.6. The average Bonchev–Trinajstić information content (AvgIpc) is 1.97. The van der Waals surface area contributed by atoms with Crippen molar-refractivity contribution in [3.05, 3.63) is 0 Å². The van der Waals surface area contributed by atoms with Crippen LogP contribution in [0, 0.1) is 0 Å². The van der Waals surface area contributed by atoms with Crippen molar-refractivity contribution in [2.45, 2.75) is 30.9 Å². The fourth-order valence-corrected chi connectivity index (χ4v) is 0.843. The molecule has 0 radical (unpaired) electrons. The number of rotatable bonds is 0. The molecule has 0 spiro atoms. The van der Waals surface area contributed by atoms with Crippen molar-refractivity contribution in [1.29, 1.82) is 0 Å². The molecular weight excluding hydrogens is 156 g/mol. The van der Waals surface area contributed by atoms with Crippen LogP contribution in [-0.2, 0) is 4.74 Å². The SMILES string of the molecule is OC1O[C@H](O)[C@@H](O)C(O)[C@H]1O. The molecule has 1 aliphatic rings. The van der Waals surface area contributed by atoms with Gasteiger partial charge in [0, 0.05) is 0 Å². The van der Waals surface area contributed by atoms with Crippen molar-refractivity contribution < 1.29 is 30.3 Å². The number of aliphatic hydroxyl groups excluding tert-OH is 5. The Balaban J connectivity index is 2.63.